The second-order valence-corrected chi connectivity index (χ2v) is 24.6. The van der Waals surface area contributed by atoms with E-state index < -0.39 is 47.7 Å². The first-order valence-corrected chi connectivity index (χ1v) is 29.1. The monoisotopic (exact) mass is 1010 g/mol. The number of ketones is 1. The van der Waals surface area contributed by atoms with Gasteiger partial charge in [-0.1, -0.05) is 113 Å². The van der Waals surface area contributed by atoms with E-state index in [-0.39, 0.29) is 47.6 Å². The molecule has 8 N–H and O–H groups in total. The summed E-state index contributed by atoms with van der Waals surface area (Å²) in [4.78, 5) is 18.3. The molecule has 2 spiro atoms. The molecule has 13 atom stereocenters. The number of fused-ring (bicyclic) bond motifs is 10. The van der Waals surface area contributed by atoms with Crippen molar-refractivity contribution in [1.82, 2.24) is 14.9 Å². The summed E-state index contributed by atoms with van der Waals surface area (Å²) in [5.74, 6) is 11.2. The maximum atomic E-state index is 14.6. The number of aliphatic hydroxyl groups excluding tert-OH is 3. The van der Waals surface area contributed by atoms with Gasteiger partial charge in [0.15, 0.2) is 17.7 Å². The van der Waals surface area contributed by atoms with Gasteiger partial charge < -0.3 is 45.2 Å². The highest BCUT2D eigenvalue weighted by molar-refractivity contribution is 5.85. The van der Waals surface area contributed by atoms with Crippen LogP contribution in [-0.4, -0.2) is 54.5 Å². The minimum atomic E-state index is -1.07. The van der Waals surface area contributed by atoms with Gasteiger partial charge in [-0.3, -0.25) is 10.1 Å². The summed E-state index contributed by atoms with van der Waals surface area (Å²) in [6, 6.07) is 7.54. The summed E-state index contributed by atoms with van der Waals surface area (Å²) in [7, 11) is 0. The van der Waals surface area contributed by atoms with Crippen molar-refractivity contribution >= 4 is 16.7 Å². The molecule has 13 rings (SSSR count). The molecule has 0 unspecified atom stereocenters. The summed E-state index contributed by atoms with van der Waals surface area (Å²) >= 11 is 0. The maximum absolute atomic E-state index is 14.6. The zero-order valence-electron chi connectivity index (χ0n) is 43.7. The number of phenolic OH excluding ortho intramolecular Hbond substituents is 1. The second kappa shape index (κ2) is 19.6. The van der Waals surface area contributed by atoms with Crippen molar-refractivity contribution in [2.24, 2.45) is 52.1 Å². The maximum Gasteiger partial charge on any atom is 0.191 e. The van der Waals surface area contributed by atoms with E-state index in [1.807, 2.05) is 0 Å². The number of aromatic hydroxyl groups is 1. The lowest BCUT2D eigenvalue weighted by molar-refractivity contribution is -0.129. The normalized spacial score (nSPS) is 32.1. The fourth-order valence-electron chi connectivity index (χ4n) is 16.8. The van der Waals surface area contributed by atoms with E-state index >= 15 is 0 Å². The van der Waals surface area contributed by atoms with Crippen LogP contribution in [-0.2, 0) is 11.2 Å². The van der Waals surface area contributed by atoms with Crippen LogP contribution >= 0.6 is 0 Å². The second-order valence-electron chi connectivity index (χ2n) is 24.6. The van der Waals surface area contributed by atoms with Crippen molar-refractivity contribution < 1.29 is 34.7 Å². The van der Waals surface area contributed by atoms with E-state index in [0.29, 0.717) is 47.8 Å². The number of phenols is 1. The van der Waals surface area contributed by atoms with Gasteiger partial charge in [0.2, 0.25) is 0 Å². The van der Waals surface area contributed by atoms with Crippen molar-refractivity contribution in [3.63, 3.8) is 0 Å². The average Bonchev–Trinajstić information content (AvgIpc) is 4.25. The molecular formula is C64H76N4O7. The summed E-state index contributed by atoms with van der Waals surface area (Å²) in [6.45, 7) is 2.95. The van der Waals surface area contributed by atoms with Crippen LogP contribution in [0.1, 0.15) is 193 Å². The highest BCUT2D eigenvalue weighted by atomic mass is 16.5. The molecule has 4 aromatic rings. The number of nitrogens with two attached hydrogens (primary N) is 1. The Morgan fingerprint density at radius 2 is 1.77 bits per heavy atom. The molecule has 3 saturated carbocycles. The molecule has 3 fully saturated rings. The Labute approximate surface area is 442 Å². The molecule has 2 aromatic heterocycles. The minimum absolute atomic E-state index is 0.0106. The zero-order chi connectivity index (χ0) is 51.2. The summed E-state index contributed by atoms with van der Waals surface area (Å²) in [6.07, 6.45) is 30.6. The first-order chi connectivity index (χ1) is 36.5. The van der Waals surface area contributed by atoms with Gasteiger partial charge >= 0.3 is 0 Å². The Morgan fingerprint density at radius 3 is 2.61 bits per heavy atom. The van der Waals surface area contributed by atoms with Crippen LogP contribution < -0.4 is 20.5 Å². The van der Waals surface area contributed by atoms with Crippen molar-refractivity contribution in [3.8, 4) is 41.1 Å². The predicted octanol–water partition coefficient (Wildman–Crippen LogP) is 10.9. The molecule has 11 nitrogen and oxygen atoms in total. The van der Waals surface area contributed by atoms with Gasteiger partial charge in [-0.25, -0.2) is 0 Å². The lowest BCUT2D eigenvalue weighted by Gasteiger charge is -2.50. The standard InChI is InChI=1S/C64H76N4O7/c1-2-3-4-13-43(60(73)46-28-38-15-14-37-11-5-6-12-41(37)45(38)30-54(46)72)52(70)20-16-39-29-56-55(31-53(39)71)74-27-26-63(22-7-8-23-63)49-19-21-51(69)42-17-18-44-57-40(33-67-61(44)65)32-64(24-9-10-25-64)59(58(42)57)47-34-66-50-36-68(35-48(47)50)62(49)75-56/h14-15,17-18,28-29,31,34-37,40-41,43,45-46,49,51,54,59-62,66-67,69,71-73H,2-13,16,20,22-25,30,32-33,65H2,1H3/t37-,40-,41+,43-,45-,46-,49-,51+,54+,59+,60+,61+,62-/m1/s1. The highest BCUT2D eigenvalue weighted by Crippen LogP contribution is 2.64. The molecule has 11 heteroatoms. The predicted molar refractivity (Wildman–Crippen MR) is 288 cm³/mol. The third-order valence-electron chi connectivity index (χ3n) is 20.5. The third-order valence-corrected chi connectivity index (χ3v) is 20.5. The number of carbonyl (C=O) groups is 1. The molecule has 394 valence electrons. The van der Waals surface area contributed by atoms with Crippen LogP contribution in [0.2, 0.25) is 0 Å². The van der Waals surface area contributed by atoms with Gasteiger partial charge in [0.05, 0.1) is 35.2 Å². The van der Waals surface area contributed by atoms with Crippen molar-refractivity contribution in [2.45, 2.75) is 178 Å². The van der Waals surface area contributed by atoms with E-state index in [1.54, 1.807) is 12.1 Å². The highest BCUT2D eigenvalue weighted by Gasteiger charge is 2.53. The van der Waals surface area contributed by atoms with Crippen LogP contribution in [0.5, 0.6) is 17.2 Å². The number of aryl methyl sites for hydroxylation is 1. The molecule has 0 amide bonds. The molecule has 2 bridgehead atoms. The first-order valence-electron chi connectivity index (χ1n) is 29.1. The smallest absolute Gasteiger partial charge is 0.191 e. The number of nitrogens with one attached hydrogen (secondary N) is 2. The van der Waals surface area contributed by atoms with Crippen LogP contribution in [0.15, 0.2) is 66.7 Å². The van der Waals surface area contributed by atoms with Crippen LogP contribution in [0.4, 0.5) is 0 Å². The molecule has 75 heavy (non-hydrogen) atoms. The minimum Gasteiger partial charge on any atom is -0.508 e. The molecule has 0 radical (unpaired) electrons. The van der Waals surface area contributed by atoms with Gasteiger partial charge in [0.1, 0.15) is 23.7 Å². The van der Waals surface area contributed by atoms with Gasteiger partial charge in [0, 0.05) is 60.8 Å². The molecule has 0 saturated heterocycles. The molecule has 5 heterocycles. The Morgan fingerprint density at radius 1 is 0.960 bits per heavy atom. The lowest BCUT2D eigenvalue weighted by Crippen LogP contribution is -2.45. The fourth-order valence-corrected chi connectivity index (χ4v) is 16.8. The number of carbonyl (C=O) groups excluding carboxylic acids is 1. The van der Waals surface area contributed by atoms with E-state index in [0.717, 1.165) is 92.8 Å². The van der Waals surface area contributed by atoms with Crippen LogP contribution in [0.25, 0.3) is 10.9 Å². The van der Waals surface area contributed by atoms with Gasteiger partial charge in [0.25, 0.3) is 0 Å². The average molecular weight is 1010 g/mol. The summed E-state index contributed by atoms with van der Waals surface area (Å²) in [5.41, 5.74) is 14.6. The molecule has 9 aliphatic rings. The van der Waals surface area contributed by atoms with Crippen LogP contribution in [0, 0.1) is 70.2 Å². The quantitative estimate of drug-likeness (QED) is 0.0602. The van der Waals surface area contributed by atoms with Crippen molar-refractivity contribution in [2.75, 3.05) is 6.54 Å². The van der Waals surface area contributed by atoms with Crippen molar-refractivity contribution in [1.29, 1.82) is 0 Å². The largest absolute Gasteiger partial charge is 0.508 e. The number of Topliss-reactive ketones (excluding diaryl/α,β-unsaturated/α-hetero) is 1. The van der Waals surface area contributed by atoms with E-state index in [1.165, 1.54) is 60.8 Å². The van der Waals surface area contributed by atoms with Gasteiger partial charge in [-0.2, -0.15) is 0 Å². The van der Waals surface area contributed by atoms with Gasteiger partial charge in [-0.05, 0) is 138 Å². The Hall–Kier alpha value is -5.27. The number of benzene rings is 2. The number of aromatic amines is 1. The number of aromatic nitrogens is 2. The molecule has 6 aliphatic carbocycles. The Bertz CT molecular complexity index is 3060. The number of hydrogen-bond acceptors (Lipinski definition) is 9. The SMILES string of the molecule is CCCCC[C@H](C(=O)CCc1cc2c(cc1O)OC#CC1(CCCC1)[C@@H]1C#C[C@H](O)c3ccc4c5c3[C@H](c3c[nH]c6cn(cc36)[C@@H]1O2)C1(CCCC1)C[C@@H]5CN[C@@H]4N)[C@H](O)[C@@H]1C=C2C=C[C@H]3CCCC[C@@H]3[C@@H]2C[C@@H]1O. The van der Waals surface area contributed by atoms with E-state index in [4.69, 9.17) is 15.2 Å². The topological polar surface area (TPSA) is 175 Å². The Kier molecular flexibility index (Phi) is 12.9. The third kappa shape index (κ3) is 8.41. The number of hydrogen-bond donors (Lipinski definition) is 7. The number of allylic oxidation sites excluding steroid dienone is 3. The number of ether oxygens (including phenoxy) is 2. The fraction of sp³-hybridized carbons (Fsp3) is 0.578. The molecular weight excluding hydrogens is 937 g/mol. The number of nitrogens with zero attached hydrogens (tertiary/aromatic N) is 1. The van der Waals surface area contributed by atoms with E-state index in [2.05, 4.69) is 94.6 Å². The van der Waals surface area contributed by atoms with Crippen molar-refractivity contribution in [3.05, 3.63) is 100 Å². The Balaban J connectivity index is 0.851. The molecule has 2 aromatic carbocycles. The van der Waals surface area contributed by atoms with Gasteiger partial charge in [-0.15, -0.1) is 0 Å². The first kappa shape index (κ1) is 49.3. The van der Waals surface area contributed by atoms with E-state index in [9.17, 15) is 25.2 Å². The lowest BCUT2D eigenvalue weighted by atomic mass is 9.55. The number of rotatable bonds is 10. The number of unbranched alkanes of at least 4 members (excludes halogenated alkanes) is 2. The molecule has 3 aliphatic heterocycles. The summed E-state index contributed by atoms with van der Waals surface area (Å²) < 4.78 is 15.7. The van der Waals surface area contributed by atoms with Crippen LogP contribution in [0.3, 0.4) is 0 Å². The summed E-state index contributed by atoms with van der Waals surface area (Å²) in [5, 5.41) is 53.0. The number of H-pyrrole nitrogens is 1. The number of aliphatic hydroxyl groups is 3. The zero-order valence-corrected chi connectivity index (χ0v) is 43.7.